The maximum Gasteiger partial charge on any atom is 0.341 e. The molecule has 8 nitrogen and oxygen atoms in total. The molecule has 1 amide bonds. The number of aromatic nitrogens is 1. The third-order valence-corrected chi connectivity index (χ3v) is 7.82. The number of nitrogens with zero attached hydrogens (tertiary/aromatic N) is 1. The Morgan fingerprint density at radius 3 is 2.56 bits per heavy atom. The number of H-pyrrole nitrogens is 1. The maximum atomic E-state index is 13.5. The molecule has 1 aromatic heterocycles. The van der Waals surface area contributed by atoms with Crippen LogP contribution in [0.5, 0.6) is 0 Å². The fraction of sp³-hybridized carbons (Fsp3) is 0.455. The van der Waals surface area contributed by atoms with Crippen LogP contribution in [-0.4, -0.2) is 49.3 Å². The fourth-order valence-electron chi connectivity index (χ4n) is 3.97. The van der Waals surface area contributed by atoms with E-state index in [0.717, 1.165) is 5.56 Å². The zero-order valence-electron chi connectivity index (χ0n) is 18.4. The van der Waals surface area contributed by atoms with Crippen LogP contribution in [0.3, 0.4) is 0 Å². The lowest BCUT2D eigenvalue weighted by Crippen LogP contribution is -2.45. The van der Waals surface area contributed by atoms with Crippen molar-refractivity contribution in [2.24, 2.45) is 5.92 Å². The molecule has 1 aliphatic rings. The van der Waals surface area contributed by atoms with E-state index in [1.54, 1.807) is 32.9 Å². The van der Waals surface area contributed by atoms with Gasteiger partial charge in [-0.25, -0.2) is 13.2 Å². The number of amides is 1. The second-order valence-electron chi connectivity index (χ2n) is 7.85. The third-order valence-electron chi connectivity index (χ3n) is 5.53. The largest absolute Gasteiger partial charge is 0.462 e. The van der Waals surface area contributed by atoms with Crippen LogP contribution >= 0.6 is 11.6 Å². The van der Waals surface area contributed by atoms with Crippen molar-refractivity contribution in [2.45, 2.75) is 45.1 Å². The highest BCUT2D eigenvalue weighted by Crippen LogP contribution is 2.30. The van der Waals surface area contributed by atoms with Crippen LogP contribution in [0.1, 0.15) is 47.1 Å². The molecule has 0 radical (unpaired) electrons. The van der Waals surface area contributed by atoms with Crippen LogP contribution in [0.2, 0.25) is 5.02 Å². The van der Waals surface area contributed by atoms with E-state index in [1.165, 1.54) is 4.31 Å². The first-order valence-corrected chi connectivity index (χ1v) is 12.4. The van der Waals surface area contributed by atoms with Crippen molar-refractivity contribution in [3.05, 3.63) is 51.8 Å². The number of rotatable bonds is 7. The number of piperidine rings is 1. The number of aryl methyl sites for hydroxylation is 2. The normalized spacial score (nSPS) is 17.2. The topological polar surface area (TPSA) is 109 Å². The molecule has 0 unspecified atom stereocenters. The SMILES string of the molecule is CCOC(=O)c1c(C)[nH]c(C)c1S(=O)(=O)N1CCC[C@H](C(=O)NCc2ccc(Cl)cc2)C1. The Morgan fingerprint density at radius 2 is 1.91 bits per heavy atom. The van der Waals surface area contributed by atoms with Crippen molar-refractivity contribution in [2.75, 3.05) is 19.7 Å². The van der Waals surface area contributed by atoms with Crippen LogP contribution in [0.25, 0.3) is 0 Å². The molecular weight excluding hydrogens is 454 g/mol. The van der Waals surface area contributed by atoms with Gasteiger partial charge in [0.15, 0.2) is 0 Å². The molecule has 0 aliphatic carbocycles. The van der Waals surface area contributed by atoms with Gasteiger partial charge in [0.05, 0.1) is 12.5 Å². The smallest absolute Gasteiger partial charge is 0.341 e. The minimum atomic E-state index is -4.00. The Kier molecular flexibility index (Phi) is 7.63. The quantitative estimate of drug-likeness (QED) is 0.590. The molecule has 3 rings (SSSR count). The first kappa shape index (κ1) is 24.3. The number of ether oxygens (including phenoxy) is 1. The number of halogens is 1. The van der Waals surface area contributed by atoms with Crippen molar-refractivity contribution >= 4 is 33.5 Å². The number of hydrogen-bond donors (Lipinski definition) is 2. The molecule has 32 heavy (non-hydrogen) atoms. The van der Waals surface area contributed by atoms with Crippen LogP contribution < -0.4 is 5.32 Å². The van der Waals surface area contributed by atoms with Crippen molar-refractivity contribution < 1.29 is 22.7 Å². The molecule has 2 N–H and O–H groups in total. The van der Waals surface area contributed by atoms with E-state index >= 15 is 0 Å². The lowest BCUT2D eigenvalue weighted by Gasteiger charge is -2.31. The van der Waals surface area contributed by atoms with E-state index in [2.05, 4.69) is 10.3 Å². The van der Waals surface area contributed by atoms with E-state index in [1.807, 2.05) is 12.1 Å². The standard InChI is InChI=1S/C22H28ClN3O5S/c1-4-31-22(28)19-14(2)25-15(3)20(19)32(29,30)26-11-5-6-17(13-26)21(27)24-12-16-7-9-18(23)10-8-16/h7-10,17,25H,4-6,11-13H2,1-3H3,(H,24,27)/t17-/m0/s1. The summed E-state index contributed by atoms with van der Waals surface area (Å²) >= 11 is 5.89. The Labute approximate surface area is 193 Å². The first-order valence-electron chi connectivity index (χ1n) is 10.5. The average Bonchev–Trinajstić information content (AvgIpc) is 3.07. The van der Waals surface area contributed by atoms with Gasteiger partial charge in [-0.05, 0) is 51.3 Å². The zero-order chi connectivity index (χ0) is 23.5. The van der Waals surface area contributed by atoms with Gasteiger partial charge in [-0.3, -0.25) is 4.79 Å². The molecule has 10 heteroatoms. The van der Waals surface area contributed by atoms with Gasteiger partial charge in [-0.15, -0.1) is 0 Å². The average molecular weight is 482 g/mol. The van der Waals surface area contributed by atoms with Crippen LogP contribution in [0, 0.1) is 19.8 Å². The van der Waals surface area contributed by atoms with Gasteiger partial charge in [0.1, 0.15) is 10.5 Å². The van der Waals surface area contributed by atoms with Crippen LogP contribution in [0.4, 0.5) is 0 Å². The molecule has 0 bridgehead atoms. The Morgan fingerprint density at radius 1 is 1.22 bits per heavy atom. The summed E-state index contributed by atoms with van der Waals surface area (Å²) in [5, 5.41) is 3.49. The number of benzene rings is 1. The molecule has 1 aromatic carbocycles. The van der Waals surface area contributed by atoms with Gasteiger partial charge in [-0.1, -0.05) is 23.7 Å². The first-order chi connectivity index (χ1) is 15.1. The third kappa shape index (κ3) is 5.16. The minimum Gasteiger partial charge on any atom is -0.462 e. The number of esters is 1. The van der Waals surface area contributed by atoms with Crippen molar-refractivity contribution in [3.8, 4) is 0 Å². The van der Waals surface area contributed by atoms with Crippen molar-refractivity contribution in [1.29, 1.82) is 0 Å². The number of carbonyl (C=O) groups excluding carboxylic acids is 2. The molecule has 1 aliphatic heterocycles. The number of carbonyl (C=O) groups is 2. The highest BCUT2D eigenvalue weighted by Gasteiger charge is 2.38. The molecule has 1 fully saturated rings. The fourth-order valence-corrected chi connectivity index (χ4v) is 6.03. The monoisotopic (exact) mass is 481 g/mol. The molecule has 2 aromatic rings. The van der Waals surface area contributed by atoms with Crippen molar-refractivity contribution in [1.82, 2.24) is 14.6 Å². The van der Waals surface area contributed by atoms with Gasteiger partial charge in [0, 0.05) is 36.0 Å². The summed E-state index contributed by atoms with van der Waals surface area (Å²) in [4.78, 5) is 28.1. The Hall–Kier alpha value is -2.36. The van der Waals surface area contributed by atoms with E-state index in [9.17, 15) is 18.0 Å². The van der Waals surface area contributed by atoms with Gasteiger partial charge in [0.2, 0.25) is 15.9 Å². The Bertz CT molecular complexity index is 1100. The summed E-state index contributed by atoms with van der Waals surface area (Å²) in [7, 11) is -4.00. The molecule has 2 heterocycles. The number of sulfonamides is 1. The van der Waals surface area contributed by atoms with Crippen LogP contribution in [-0.2, 0) is 26.1 Å². The van der Waals surface area contributed by atoms with Gasteiger partial charge < -0.3 is 15.0 Å². The summed E-state index contributed by atoms with van der Waals surface area (Å²) in [6.07, 6.45) is 1.14. The summed E-state index contributed by atoms with van der Waals surface area (Å²) < 4.78 is 33.3. The lowest BCUT2D eigenvalue weighted by atomic mass is 9.99. The van der Waals surface area contributed by atoms with Gasteiger partial charge in [0.25, 0.3) is 0 Å². The summed E-state index contributed by atoms with van der Waals surface area (Å²) in [6, 6.07) is 7.16. The Balaban J connectivity index is 1.76. The second kappa shape index (κ2) is 10.1. The highest BCUT2D eigenvalue weighted by molar-refractivity contribution is 7.89. The van der Waals surface area contributed by atoms with E-state index in [0.29, 0.717) is 35.8 Å². The number of nitrogens with one attached hydrogen (secondary N) is 2. The van der Waals surface area contributed by atoms with E-state index in [-0.39, 0.29) is 36.1 Å². The zero-order valence-corrected chi connectivity index (χ0v) is 20.0. The van der Waals surface area contributed by atoms with Gasteiger partial charge >= 0.3 is 5.97 Å². The summed E-state index contributed by atoms with van der Waals surface area (Å²) in [5.74, 6) is -1.35. The molecule has 0 spiro atoms. The van der Waals surface area contributed by atoms with E-state index < -0.39 is 21.9 Å². The molecule has 1 atom stereocenters. The molecule has 174 valence electrons. The highest BCUT2D eigenvalue weighted by atomic mass is 35.5. The number of hydrogen-bond acceptors (Lipinski definition) is 5. The minimum absolute atomic E-state index is 0.0265. The van der Waals surface area contributed by atoms with Gasteiger partial charge in [-0.2, -0.15) is 4.31 Å². The predicted molar refractivity (Wildman–Crippen MR) is 121 cm³/mol. The van der Waals surface area contributed by atoms with Crippen molar-refractivity contribution in [3.63, 3.8) is 0 Å². The lowest BCUT2D eigenvalue weighted by molar-refractivity contribution is -0.126. The predicted octanol–water partition coefficient (Wildman–Crippen LogP) is 3.18. The maximum absolute atomic E-state index is 13.5. The molecule has 1 saturated heterocycles. The molecule has 0 saturated carbocycles. The van der Waals surface area contributed by atoms with Crippen LogP contribution in [0.15, 0.2) is 29.2 Å². The molecular formula is C22H28ClN3O5S. The second-order valence-corrected chi connectivity index (χ2v) is 10.2. The van der Waals surface area contributed by atoms with E-state index in [4.69, 9.17) is 16.3 Å². The summed E-state index contributed by atoms with van der Waals surface area (Å²) in [6.45, 7) is 5.74. The summed E-state index contributed by atoms with van der Waals surface area (Å²) in [5.41, 5.74) is 1.74. The number of aromatic amines is 1.